The van der Waals surface area contributed by atoms with Crippen molar-refractivity contribution < 1.29 is 23.2 Å². The van der Waals surface area contributed by atoms with Crippen LogP contribution >= 0.6 is 7.59 Å². The van der Waals surface area contributed by atoms with Crippen LogP contribution in [-0.4, -0.2) is 24.0 Å². The summed E-state index contributed by atoms with van der Waals surface area (Å²) in [6.45, 7) is 14.0. The number of benzene rings is 1. The zero-order chi connectivity index (χ0) is 20.9. The summed E-state index contributed by atoms with van der Waals surface area (Å²) in [7, 11) is -4.40. The Morgan fingerprint density at radius 3 is 1.64 bits per heavy atom. The van der Waals surface area contributed by atoms with E-state index in [1.54, 1.807) is 12.1 Å². The summed E-state index contributed by atoms with van der Waals surface area (Å²) in [4.78, 5) is 25.2. The van der Waals surface area contributed by atoms with E-state index in [1.807, 2.05) is 39.8 Å². The van der Waals surface area contributed by atoms with Gasteiger partial charge in [-0.2, -0.15) is 0 Å². The van der Waals surface area contributed by atoms with Crippen LogP contribution in [0.3, 0.4) is 0 Å². The first kappa shape index (κ1) is 21.0. The van der Waals surface area contributed by atoms with Crippen LogP contribution in [0.4, 0.5) is 0 Å². The van der Waals surface area contributed by atoms with Gasteiger partial charge in [-0.3, -0.25) is 0 Å². The molecule has 2 aliphatic rings. The van der Waals surface area contributed by atoms with Crippen LogP contribution in [0.1, 0.15) is 54.0 Å². The van der Waals surface area contributed by atoms with Crippen molar-refractivity contribution in [2.24, 2.45) is 11.8 Å². The van der Waals surface area contributed by atoms with Crippen LogP contribution in [0.2, 0.25) is 0 Å². The van der Waals surface area contributed by atoms with Gasteiger partial charge in [0.1, 0.15) is 0 Å². The average molecular weight is 410 g/mol. The predicted octanol–water partition coefficient (Wildman–Crippen LogP) is 3.83. The number of nitrogens with one attached hydrogen (secondary N) is 2. The van der Waals surface area contributed by atoms with Crippen molar-refractivity contribution in [2.75, 3.05) is 0 Å². The van der Waals surface area contributed by atoms with E-state index in [4.69, 9.17) is 13.6 Å². The molecule has 7 nitrogen and oxygen atoms in total. The number of hydrogen-bond acceptors (Lipinski definition) is 7. The molecule has 8 heteroatoms. The monoisotopic (exact) mass is 410 g/mol. The molecule has 3 rings (SSSR count). The summed E-state index contributed by atoms with van der Waals surface area (Å²) in [5.74, 6) is -0.619. The summed E-state index contributed by atoms with van der Waals surface area (Å²) in [6, 6.07) is 6.27. The van der Waals surface area contributed by atoms with Gasteiger partial charge in [-0.25, -0.2) is 0 Å². The molecule has 0 saturated carbocycles. The van der Waals surface area contributed by atoms with E-state index in [9.17, 15) is 9.59 Å². The Bertz CT molecular complexity index is 749. The minimum atomic E-state index is -4.40. The summed E-state index contributed by atoms with van der Waals surface area (Å²) in [5.41, 5.74) is 1.13. The number of carbonyl (C=O) groups is 2. The van der Waals surface area contributed by atoms with Crippen LogP contribution in [0, 0.1) is 11.8 Å². The van der Waals surface area contributed by atoms with Crippen LogP contribution in [-0.2, 0) is 24.1 Å². The van der Waals surface area contributed by atoms with E-state index >= 15 is 0 Å². The molecule has 28 heavy (non-hydrogen) atoms. The third-order valence-electron chi connectivity index (χ3n) is 5.07. The fourth-order valence-electron chi connectivity index (χ4n) is 3.33. The molecule has 1 aromatic carbocycles. The van der Waals surface area contributed by atoms with E-state index in [-0.39, 0.29) is 17.3 Å². The second kappa shape index (κ2) is 6.68. The number of rotatable bonds is 4. The van der Waals surface area contributed by atoms with Crippen molar-refractivity contribution in [1.29, 1.82) is 0 Å². The molecule has 2 N–H and O–H groups in total. The first-order chi connectivity index (χ1) is 12.8. The molecule has 0 bridgehead atoms. The zero-order valence-corrected chi connectivity index (χ0v) is 18.5. The Labute approximate surface area is 166 Å². The first-order valence-electron chi connectivity index (χ1n) is 9.72. The van der Waals surface area contributed by atoms with E-state index in [2.05, 4.69) is 30.9 Å². The average Bonchev–Trinajstić information content (AvgIpc) is 3.01. The standard InChI is InChI=1S/C20H31N2O5P/c1-12(2)16-18(23)26-28(21-16,22-17(13(3)4)19(24)27-28)25-15-10-8-14(9-11-15)20(5,6)7/h8-13,16-17,21-22H,1-7H3/t16-,17-/m0/s1. The second-order valence-electron chi connectivity index (χ2n) is 9.27. The summed E-state index contributed by atoms with van der Waals surface area (Å²) >= 11 is 0. The van der Waals surface area contributed by atoms with Crippen LogP contribution in [0.5, 0.6) is 5.75 Å². The van der Waals surface area contributed by atoms with Gasteiger partial charge in [0.15, 0.2) is 0 Å². The SMILES string of the molecule is CC(C)[C@@H]1NP2(Oc3ccc(C(C)(C)C)cc3)(N[C@@H](C(C)C)C(=O)O2)OC1=O. The van der Waals surface area contributed by atoms with Crippen molar-refractivity contribution in [1.82, 2.24) is 10.2 Å². The van der Waals surface area contributed by atoms with Gasteiger partial charge in [0, 0.05) is 0 Å². The Hall–Kier alpha value is -1.69. The molecule has 1 aromatic rings. The topological polar surface area (TPSA) is 85.9 Å². The quantitative estimate of drug-likeness (QED) is 0.730. The molecular formula is C20H31N2O5P. The van der Waals surface area contributed by atoms with Crippen molar-refractivity contribution in [3.05, 3.63) is 29.8 Å². The molecule has 2 aliphatic heterocycles. The molecule has 0 radical (unpaired) electrons. The molecule has 156 valence electrons. The number of carbonyl (C=O) groups excluding carboxylic acids is 2. The molecule has 2 fully saturated rings. The first-order valence-corrected chi connectivity index (χ1v) is 11.7. The summed E-state index contributed by atoms with van der Waals surface area (Å²) < 4.78 is 17.7. The summed E-state index contributed by atoms with van der Waals surface area (Å²) in [5, 5.41) is 6.24. The van der Waals surface area contributed by atoms with Crippen molar-refractivity contribution in [3.63, 3.8) is 0 Å². The van der Waals surface area contributed by atoms with Crippen molar-refractivity contribution in [2.45, 2.75) is 66.0 Å². The molecule has 2 atom stereocenters. The van der Waals surface area contributed by atoms with Gasteiger partial charge in [0.25, 0.3) is 0 Å². The molecule has 0 amide bonds. The van der Waals surface area contributed by atoms with Crippen molar-refractivity contribution >= 4 is 19.5 Å². The Kier molecular flexibility index (Phi) is 5.02. The molecule has 2 heterocycles. The van der Waals surface area contributed by atoms with E-state index < -0.39 is 31.6 Å². The third kappa shape index (κ3) is 3.63. The van der Waals surface area contributed by atoms with E-state index in [1.165, 1.54) is 0 Å². The van der Waals surface area contributed by atoms with Gasteiger partial charge < -0.3 is 0 Å². The van der Waals surface area contributed by atoms with Gasteiger partial charge in [0.2, 0.25) is 0 Å². The Morgan fingerprint density at radius 1 is 0.893 bits per heavy atom. The van der Waals surface area contributed by atoms with Gasteiger partial charge >= 0.3 is 166 Å². The normalized spacial score (nSPS) is 27.5. The van der Waals surface area contributed by atoms with E-state index in [0.717, 1.165) is 5.56 Å². The third-order valence-corrected chi connectivity index (χ3v) is 8.08. The van der Waals surface area contributed by atoms with Gasteiger partial charge in [-0.15, -0.1) is 0 Å². The Balaban J connectivity index is 1.99. The molecule has 1 spiro atoms. The van der Waals surface area contributed by atoms with Gasteiger partial charge in [0.05, 0.1) is 0 Å². The maximum absolute atomic E-state index is 12.6. The molecule has 2 saturated heterocycles. The van der Waals surface area contributed by atoms with Crippen molar-refractivity contribution in [3.8, 4) is 5.75 Å². The summed E-state index contributed by atoms with van der Waals surface area (Å²) in [6.07, 6.45) is 0. The molecule has 0 aromatic heterocycles. The number of hydrogen-bond donors (Lipinski definition) is 2. The fourth-order valence-corrected chi connectivity index (χ4v) is 6.98. The zero-order valence-electron chi connectivity index (χ0n) is 17.6. The molecule has 0 aliphatic carbocycles. The van der Waals surface area contributed by atoms with Gasteiger partial charge in [-0.05, 0) is 0 Å². The fraction of sp³-hybridized carbons (Fsp3) is 0.600. The van der Waals surface area contributed by atoms with Crippen LogP contribution in [0.15, 0.2) is 24.3 Å². The second-order valence-corrected chi connectivity index (χ2v) is 12.1. The maximum atomic E-state index is 12.6. The molecular weight excluding hydrogens is 379 g/mol. The Morgan fingerprint density at radius 2 is 1.32 bits per heavy atom. The van der Waals surface area contributed by atoms with E-state index in [0.29, 0.717) is 5.75 Å². The predicted molar refractivity (Wildman–Crippen MR) is 108 cm³/mol. The van der Waals surface area contributed by atoms with Crippen LogP contribution in [0.25, 0.3) is 0 Å². The van der Waals surface area contributed by atoms with Crippen LogP contribution < -0.4 is 14.7 Å². The minimum absolute atomic E-state index is 0.00707. The molecule has 0 unspecified atom stereocenters. The van der Waals surface area contributed by atoms with Gasteiger partial charge in [-0.1, -0.05) is 0 Å².